The number of carbonyl (C=O) groups is 3. The molecule has 2 rings (SSSR count). The van der Waals surface area contributed by atoms with Crippen molar-refractivity contribution in [1.82, 2.24) is 24.5 Å². The number of nitrogens with zero attached hydrogens (tertiary/aromatic N) is 5. The Labute approximate surface area is 140 Å². The van der Waals surface area contributed by atoms with Crippen molar-refractivity contribution in [2.45, 2.75) is 6.92 Å². The smallest absolute Gasteiger partial charge is 0.261 e. The minimum absolute atomic E-state index is 0.0121. The average molecular weight is 337 g/mol. The number of amides is 3. The van der Waals surface area contributed by atoms with E-state index in [0.717, 1.165) is 0 Å². The number of likely N-dealkylation sites (N-methyl/N-ethyl adjacent to an activating group) is 1. The summed E-state index contributed by atoms with van der Waals surface area (Å²) in [6.07, 6.45) is 1.56. The lowest BCUT2D eigenvalue weighted by atomic mass is 10.2. The van der Waals surface area contributed by atoms with Gasteiger partial charge in [-0.05, 0) is 0 Å². The molecule has 0 bridgehead atoms. The molecule has 1 aromatic rings. The van der Waals surface area contributed by atoms with Crippen LogP contribution in [0.2, 0.25) is 0 Å². The van der Waals surface area contributed by atoms with Gasteiger partial charge in [0.05, 0.1) is 13.7 Å². The van der Waals surface area contributed by atoms with Crippen LogP contribution in [0.15, 0.2) is 6.20 Å². The van der Waals surface area contributed by atoms with Crippen LogP contribution in [0.3, 0.4) is 0 Å². The van der Waals surface area contributed by atoms with E-state index in [2.05, 4.69) is 5.10 Å². The molecule has 1 aromatic heterocycles. The Morgan fingerprint density at radius 3 is 2.33 bits per heavy atom. The third kappa shape index (κ3) is 3.84. The second-order valence-corrected chi connectivity index (χ2v) is 5.77. The number of carbonyl (C=O) groups excluding carboxylic acids is 3. The quantitative estimate of drug-likeness (QED) is 0.717. The zero-order chi connectivity index (χ0) is 17.9. The van der Waals surface area contributed by atoms with E-state index in [9.17, 15) is 14.4 Å². The highest BCUT2D eigenvalue weighted by Gasteiger charge is 2.26. The largest absolute Gasteiger partial charge is 0.479 e. The number of hydrogen-bond donors (Lipinski definition) is 0. The van der Waals surface area contributed by atoms with E-state index in [1.807, 2.05) is 0 Å². The minimum Gasteiger partial charge on any atom is -0.479 e. The summed E-state index contributed by atoms with van der Waals surface area (Å²) in [5, 5.41) is 4.04. The fourth-order valence-corrected chi connectivity index (χ4v) is 2.62. The van der Waals surface area contributed by atoms with Crippen LogP contribution in [0, 0.1) is 0 Å². The predicted molar refractivity (Wildman–Crippen MR) is 85.6 cm³/mol. The maximum absolute atomic E-state index is 12.5. The van der Waals surface area contributed by atoms with E-state index in [0.29, 0.717) is 31.7 Å². The number of methoxy groups -OCH3 is 1. The van der Waals surface area contributed by atoms with Crippen molar-refractivity contribution in [3.05, 3.63) is 11.8 Å². The second-order valence-electron chi connectivity index (χ2n) is 5.77. The molecule has 24 heavy (non-hydrogen) atoms. The Kier molecular flexibility index (Phi) is 5.42. The maximum atomic E-state index is 12.5. The molecule has 0 N–H and O–H groups in total. The summed E-state index contributed by atoms with van der Waals surface area (Å²) in [5.41, 5.74) is 0.316. The van der Waals surface area contributed by atoms with E-state index < -0.39 is 0 Å². The normalized spacial score (nSPS) is 14.5. The SMILES string of the molecule is COc1nn(C)cc1C(=O)N(C)CC(=O)N1CCN(C(C)=O)CC1. The van der Waals surface area contributed by atoms with Crippen molar-refractivity contribution >= 4 is 17.7 Å². The first-order valence-electron chi connectivity index (χ1n) is 7.70. The Bertz CT molecular complexity index is 634. The third-order valence-corrected chi connectivity index (χ3v) is 4.02. The van der Waals surface area contributed by atoms with Crippen molar-refractivity contribution in [1.29, 1.82) is 0 Å². The van der Waals surface area contributed by atoms with Crippen LogP contribution in [-0.2, 0) is 16.6 Å². The molecule has 9 heteroatoms. The van der Waals surface area contributed by atoms with Crippen molar-refractivity contribution in [3.8, 4) is 5.88 Å². The van der Waals surface area contributed by atoms with Gasteiger partial charge in [0.25, 0.3) is 5.91 Å². The highest BCUT2D eigenvalue weighted by atomic mass is 16.5. The molecule has 1 fully saturated rings. The molecule has 1 aliphatic rings. The monoisotopic (exact) mass is 337 g/mol. The number of aromatic nitrogens is 2. The van der Waals surface area contributed by atoms with Gasteiger partial charge in [-0.1, -0.05) is 0 Å². The van der Waals surface area contributed by atoms with Gasteiger partial charge in [-0.15, -0.1) is 5.10 Å². The lowest BCUT2D eigenvalue weighted by Gasteiger charge is -2.35. The lowest BCUT2D eigenvalue weighted by molar-refractivity contribution is -0.138. The molecule has 0 unspecified atom stereocenters. The molecule has 132 valence electrons. The van der Waals surface area contributed by atoms with Crippen molar-refractivity contribution < 1.29 is 19.1 Å². The summed E-state index contributed by atoms with van der Waals surface area (Å²) in [6.45, 7) is 3.50. The number of piperazine rings is 1. The Hall–Kier alpha value is -2.58. The zero-order valence-electron chi connectivity index (χ0n) is 14.5. The topological polar surface area (TPSA) is 88.0 Å². The molecule has 0 aromatic carbocycles. The summed E-state index contributed by atoms with van der Waals surface area (Å²) >= 11 is 0. The standard InChI is InChI=1S/C15H23N5O4/c1-11(21)19-5-7-20(8-6-19)13(22)10-17(2)15(23)12-9-18(3)16-14(12)24-4/h9H,5-8,10H2,1-4H3. The van der Waals surface area contributed by atoms with Gasteiger partial charge in [-0.3, -0.25) is 19.1 Å². The first-order valence-corrected chi connectivity index (χ1v) is 7.70. The lowest BCUT2D eigenvalue weighted by Crippen LogP contribution is -2.52. The van der Waals surface area contributed by atoms with Gasteiger partial charge >= 0.3 is 0 Å². The van der Waals surface area contributed by atoms with Crippen LogP contribution >= 0.6 is 0 Å². The van der Waals surface area contributed by atoms with Gasteiger partial charge in [-0.25, -0.2) is 0 Å². The van der Waals surface area contributed by atoms with Gasteiger partial charge < -0.3 is 19.4 Å². The van der Waals surface area contributed by atoms with E-state index in [1.54, 1.807) is 30.1 Å². The number of ether oxygens (including phenoxy) is 1. The van der Waals surface area contributed by atoms with Crippen molar-refractivity contribution in [3.63, 3.8) is 0 Å². The molecule has 3 amide bonds. The molecule has 0 atom stereocenters. The molecule has 0 radical (unpaired) electrons. The third-order valence-electron chi connectivity index (χ3n) is 4.02. The number of aryl methyl sites for hydroxylation is 1. The number of hydrogen-bond acceptors (Lipinski definition) is 5. The van der Waals surface area contributed by atoms with E-state index in [-0.39, 0.29) is 30.1 Å². The molecule has 2 heterocycles. The minimum atomic E-state index is -0.323. The molecule has 0 spiro atoms. The Morgan fingerprint density at radius 2 is 1.79 bits per heavy atom. The van der Waals surface area contributed by atoms with Gasteiger partial charge in [0, 0.05) is 53.4 Å². The van der Waals surface area contributed by atoms with Gasteiger partial charge in [0.1, 0.15) is 5.56 Å². The van der Waals surface area contributed by atoms with Crippen LogP contribution in [0.25, 0.3) is 0 Å². The highest BCUT2D eigenvalue weighted by Crippen LogP contribution is 2.16. The summed E-state index contributed by atoms with van der Waals surface area (Å²) in [5.74, 6) is -0.220. The fourth-order valence-electron chi connectivity index (χ4n) is 2.62. The second kappa shape index (κ2) is 7.33. The van der Waals surface area contributed by atoms with E-state index in [1.165, 1.54) is 23.6 Å². The Morgan fingerprint density at radius 1 is 1.21 bits per heavy atom. The van der Waals surface area contributed by atoms with E-state index in [4.69, 9.17) is 4.74 Å². The van der Waals surface area contributed by atoms with Crippen molar-refractivity contribution in [2.24, 2.45) is 7.05 Å². The Balaban J connectivity index is 1.94. The van der Waals surface area contributed by atoms with Crippen molar-refractivity contribution in [2.75, 3.05) is 46.9 Å². The fraction of sp³-hybridized carbons (Fsp3) is 0.600. The number of rotatable bonds is 4. The molecule has 0 saturated carbocycles. The van der Waals surface area contributed by atoms with Crippen LogP contribution in [0.4, 0.5) is 0 Å². The molecular formula is C15H23N5O4. The summed E-state index contributed by atoms with van der Waals surface area (Å²) in [6, 6.07) is 0. The first kappa shape index (κ1) is 17.8. The van der Waals surface area contributed by atoms with Gasteiger partial charge in [0.2, 0.25) is 17.7 Å². The summed E-state index contributed by atoms with van der Waals surface area (Å²) < 4.78 is 6.57. The molecule has 9 nitrogen and oxygen atoms in total. The van der Waals surface area contributed by atoms with Gasteiger partial charge in [0.15, 0.2) is 0 Å². The summed E-state index contributed by atoms with van der Waals surface area (Å²) in [4.78, 5) is 40.9. The van der Waals surface area contributed by atoms with Crippen LogP contribution in [0.1, 0.15) is 17.3 Å². The highest BCUT2D eigenvalue weighted by molar-refractivity contribution is 5.98. The predicted octanol–water partition coefficient (Wildman–Crippen LogP) is -0.809. The van der Waals surface area contributed by atoms with E-state index >= 15 is 0 Å². The summed E-state index contributed by atoms with van der Waals surface area (Å²) in [7, 11) is 4.70. The zero-order valence-corrected chi connectivity index (χ0v) is 14.5. The molecule has 1 aliphatic heterocycles. The maximum Gasteiger partial charge on any atom is 0.261 e. The molecule has 1 saturated heterocycles. The van der Waals surface area contributed by atoms with Crippen LogP contribution in [-0.4, -0.2) is 89.1 Å². The molecule has 0 aliphatic carbocycles. The molecular weight excluding hydrogens is 314 g/mol. The average Bonchev–Trinajstić information content (AvgIpc) is 2.94. The van der Waals surface area contributed by atoms with Crippen LogP contribution < -0.4 is 4.74 Å². The van der Waals surface area contributed by atoms with Crippen LogP contribution in [0.5, 0.6) is 5.88 Å². The first-order chi connectivity index (χ1) is 11.3. The van der Waals surface area contributed by atoms with Gasteiger partial charge in [-0.2, -0.15) is 0 Å².